The number of amides is 2. The van der Waals surface area contributed by atoms with Gasteiger partial charge in [0.05, 0.1) is 18.4 Å². The fourth-order valence-corrected chi connectivity index (χ4v) is 3.42. The van der Waals surface area contributed by atoms with E-state index in [-0.39, 0.29) is 29.6 Å². The van der Waals surface area contributed by atoms with Crippen LogP contribution in [0, 0.1) is 17.8 Å². The topological polar surface area (TPSA) is 50.3 Å². The molecule has 0 saturated carbocycles. The summed E-state index contributed by atoms with van der Waals surface area (Å²) >= 11 is 0. The van der Waals surface area contributed by atoms with E-state index < -0.39 is 0 Å². The molecule has 2 heterocycles. The molecule has 2 aliphatic rings. The predicted molar refractivity (Wildman–Crippen MR) is 74.3 cm³/mol. The van der Waals surface area contributed by atoms with Gasteiger partial charge in [-0.1, -0.05) is 24.6 Å². The largest absolute Gasteiger partial charge is 0.278 e. The molecule has 1 aromatic rings. The molecule has 0 N–H and O–H groups in total. The Kier molecular flexibility index (Phi) is 3.16. The molecule has 104 valence electrons. The number of hydrogen-bond acceptors (Lipinski definition) is 3. The van der Waals surface area contributed by atoms with Crippen LogP contribution in [0.2, 0.25) is 0 Å². The van der Waals surface area contributed by atoms with Crippen molar-refractivity contribution in [1.29, 1.82) is 0 Å². The van der Waals surface area contributed by atoms with Crippen molar-refractivity contribution < 1.29 is 9.59 Å². The van der Waals surface area contributed by atoms with Gasteiger partial charge in [0, 0.05) is 12.4 Å². The van der Waals surface area contributed by atoms with Gasteiger partial charge in [0.2, 0.25) is 11.8 Å². The standard InChI is InChI=1S/C16H18N2O2/c1-10-6-11(2)14-13(7-10)15(19)18(16(14)20)9-12-4-3-5-17-8-12/h3-6,8,11,13-14H,7,9H2,1-2H3/t11-,13-,14-/m0/s1. The van der Waals surface area contributed by atoms with E-state index in [9.17, 15) is 9.59 Å². The van der Waals surface area contributed by atoms with E-state index >= 15 is 0 Å². The Morgan fingerprint density at radius 2 is 2.15 bits per heavy atom. The number of carbonyl (C=O) groups excluding carboxylic acids is 2. The Balaban J connectivity index is 1.86. The molecule has 3 atom stereocenters. The second-order valence-corrected chi connectivity index (χ2v) is 5.83. The highest BCUT2D eigenvalue weighted by Crippen LogP contribution is 2.41. The monoisotopic (exact) mass is 270 g/mol. The molecule has 2 amide bonds. The number of rotatable bonds is 2. The summed E-state index contributed by atoms with van der Waals surface area (Å²) in [6, 6.07) is 3.71. The van der Waals surface area contributed by atoms with Gasteiger partial charge in [-0.3, -0.25) is 19.5 Å². The van der Waals surface area contributed by atoms with E-state index in [1.54, 1.807) is 12.4 Å². The Morgan fingerprint density at radius 1 is 1.35 bits per heavy atom. The first-order valence-corrected chi connectivity index (χ1v) is 6.99. The van der Waals surface area contributed by atoms with Crippen molar-refractivity contribution in [2.45, 2.75) is 26.8 Å². The molecule has 0 bridgehead atoms. The van der Waals surface area contributed by atoms with E-state index in [0.29, 0.717) is 13.0 Å². The molecule has 0 radical (unpaired) electrons. The van der Waals surface area contributed by atoms with E-state index in [1.807, 2.05) is 26.0 Å². The van der Waals surface area contributed by atoms with Crippen LogP contribution in [-0.4, -0.2) is 21.7 Å². The van der Waals surface area contributed by atoms with E-state index in [1.165, 1.54) is 10.5 Å². The predicted octanol–water partition coefficient (Wildman–Crippen LogP) is 2.17. The van der Waals surface area contributed by atoms with Crippen LogP contribution in [-0.2, 0) is 16.1 Å². The van der Waals surface area contributed by atoms with Crippen molar-refractivity contribution in [3.8, 4) is 0 Å². The molecule has 0 aromatic carbocycles. The summed E-state index contributed by atoms with van der Waals surface area (Å²) in [5.74, 6) is -0.255. The van der Waals surface area contributed by atoms with Crippen LogP contribution in [0.25, 0.3) is 0 Å². The van der Waals surface area contributed by atoms with Gasteiger partial charge < -0.3 is 0 Å². The molecule has 4 nitrogen and oxygen atoms in total. The summed E-state index contributed by atoms with van der Waals surface area (Å²) in [5, 5.41) is 0. The number of nitrogens with zero attached hydrogens (tertiary/aromatic N) is 2. The molecule has 0 spiro atoms. The van der Waals surface area contributed by atoms with Crippen LogP contribution in [0.4, 0.5) is 0 Å². The van der Waals surface area contributed by atoms with Gasteiger partial charge in [-0.05, 0) is 30.9 Å². The maximum absolute atomic E-state index is 12.5. The smallest absolute Gasteiger partial charge is 0.234 e. The molecule has 1 fully saturated rings. The van der Waals surface area contributed by atoms with Gasteiger partial charge in [-0.25, -0.2) is 0 Å². The maximum atomic E-state index is 12.5. The van der Waals surface area contributed by atoms with E-state index in [4.69, 9.17) is 0 Å². The van der Waals surface area contributed by atoms with Crippen LogP contribution < -0.4 is 0 Å². The van der Waals surface area contributed by atoms with Crippen LogP contribution in [0.5, 0.6) is 0 Å². The van der Waals surface area contributed by atoms with Crippen molar-refractivity contribution in [2.75, 3.05) is 0 Å². The molecule has 1 aromatic heterocycles. The third-order valence-electron chi connectivity index (χ3n) is 4.29. The van der Waals surface area contributed by atoms with Gasteiger partial charge in [-0.15, -0.1) is 0 Å². The maximum Gasteiger partial charge on any atom is 0.234 e. The highest BCUT2D eigenvalue weighted by molar-refractivity contribution is 6.05. The van der Waals surface area contributed by atoms with Gasteiger partial charge in [-0.2, -0.15) is 0 Å². The summed E-state index contributed by atoms with van der Waals surface area (Å²) in [4.78, 5) is 30.5. The van der Waals surface area contributed by atoms with E-state index in [0.717, 1.165) is 5.56 Å². The van der Waals surface area contributed by atoms with Crippen molar-refractivity contribution in [3.63, 3.8) is 0 Å². The van der Waals surface area contributed by atoms with Crippen molar-refractivity contribution in [2.24, 2.45) is 17.8 Å². The summed E-state index contributed by atoms with van der Waals surface area (Å²) in [6.07, 6.45) is 6.23. The summed E-state index contributed by atoms with van der Waals surface area (Å²) in [5.41, 5.74) is 2.10. The Hall–Kier alpha value is -1.97. The van der Waals surface area contributed by atoms with Gasteiger partial charge in [0.15, 0.2) is 0 Å². The minimum Gasteiger partial charge on any atom is -0.278 e. The molecular formula is C16H18N2O2. The van der Waals surface area contributed by atoms with Crippen LogP contribution >= 0.6 is 0 Å². The van der Waals surface area contributed by atoms with Crippen LogP contribution in [0.15, 0.2) is 36.2 Å². The average Bonchev–Trinajstić information content (AvgIpc) is 2.65. The number of carbonyl (C=O) groups is 2. The number of hydrogen-bond donors (Lipinski definition) is 0. The van der Waals surface area contributed by atoms with Crippen molar-refractivity contribution >= 4 is 11.8 Å². The number of allylic oxidation sites excluding steroid dienone is 2. The average molecular weight is 270 g/mol. The first-order chi connectivity index (χ1) is 9.58. The lowest BCUT2D eigenvalue weighted by atomic mass is 9.76. The van der Waals surface area contributed by atoms with Crippen molar-refractivity contribution in [1.82, 2.24) is 9.88 Å². The number of fused-ring (bicyclic) bond motifs is 1. The lowest BCUT2D eigenvalue weighted by Gasteiger charge is -2.25. The number of imide groups is 1. The first-order valence-electron chi connectivity index (χ1n) is 6.99. The second-order valence-electron chi connectivity index (χ2n) is 5.83. The minimum atomic E-state index is -0.178. The first kappa shape index (κ1) is 13.0. The van der Waals surface area contributed by atoms with Crippen LogP contribution in [0.1, 0.15) is 25.8 Å². The van der Waals surface area contributed by atoms with Crippen LogP contribution in [0.3, 0.4) is 0 Å². The third kappa shape index (κ3) is 2.05. The fourth-order valence-electron chi connectivity index (χ4n) is 3.42. The summed E-state index contributed by atoms with van der Waals surface area (Å²) in [7, 11) is 0. The summed E-state index contributed by atoms with van der Waals surface area (Å²) in [6.45, 7) is 4.40. The van der Waals surface area contributed by atoms with Gasteiger partial charge >= 0.3 is 0 Å². The highest BCUT2D eigenvalue weighted by atomic mass is 16.2. The molecule has 3 rings (SSSR count). The molecular weight excluding hydrogens is 252 g/mol. The summed E-state index contributed by atoms with van der Waals surface area (Å²) < 4.78 is 0. The third-order valence-corrected chi connectivity index (χ3v) is 4.29. The molecule has 1 saturated heterocycles. The zero-order valence-corrected chi connectivity index (χ0v) is 11.7. The zero-order chi connectivity index (χ0) is 14.3. The lowest BCUT2D eigenvalue weighted by molar-refractivity contribution is -0.140. The van der Waals surface area contributed by atoms with Crippen molar-refractivity contribution in [3.05, 3.63) is 41.7 Å². The van der Waals surface area contributed by atoms with E-state index in [2.05, 4.69) is 11.1 Å². The zero-order valence-electron chi connectivity index (χ0n) is 11.7. The molecule has 4 heteroatoms. The lowest BCUT2D eigenvalue weighted by Crippen LogP contribution is -2.31. The quantitative estimate of drug-likeness (QED) is 0.611. The Labute approximate surface area is 118 Å². The molecule has 1 aliphatic heterocycles. The SMILES string of the molecule is CC1=C[C@H](C)[C@@H]2C(=O)N(Cc3cccnc3)C(=O)[C@H]2C1. The molecule has 20 heavy (non-hydrogen) atoms. The number of pyridine rings is 1. The number of likely N-dealkylation sites (tertiary alicyclic amines) is 1. The van der Waals surface area contributed by atoms with Gasteiger partial charge in [0.1, 0.15) is 0 Å². The van der Waals surface area contributed by atoms with Gasteiger partial charge in [0.25, 0.3) is 0 Å². The molecule has 0 unspecified atom stereocenters. The number of aromatic nitrogens is 1. The normalized spacial score (nSPS) is 29.4. The second kappa shape index (κ2) is 4.85. The highest BCUT2D eigenvalue weighted by Gasteiger charge is 2.50. The minimum absolute atomic E-state index is 0.0249. The molecule has 1 aliphatic carbocycles. The Bertz CT molecular complexity index is 579. The Morgan fingerprint density at radius 3 is 2.85 bits per heavy atom. The fraction of sp³-hybridized carbons (Fsp3) is 0.438.